The van der Waals surface area contributed by atoms with Crippen molar-refractivity contribution in [3.63, 3.8) is 0 Å². The number of benzene rings is 1. The molecule has 0 aliphatic carbocycles. The zero-order valence-corrected chi connectivity index (χ0v) is 18.7. The fourth-order valence-corrected chi connectivity index (χ4v) is 3.41. The van der Waals surface area contributed by atoms with Crippen molar-refractivity contribution < 1.29 is 26.7 Å². The second-order valence-electron chi connectivity index (χ2n) is 6.88. The first kappa shape index (κ1) is 24.5. The average molecular weight is 485 g/mol. The van der Waals surface area contributed by atoms with Gasteiger partial charge in [-0.25, -0.2) is 32.5 Å². The van der Waals surface area contributed by atoms with Crippen molar-refractivity contribution in [2.75, 3.05) is 22.8 Å². The molecule has 0 aliphatic rings. The number of nitrogens with one attached hydrogen (secondary N) is 2. The molecule has 0 saturated carbocycles. The van der Waals surface area contributed by atoms with E-state index in [0.29, 0.717) is 40.9 Å². The molecule has 0 unspecified atom stereocenters. The summed E-state index contributed by atoms with van der Waals surface area (Å²) in [4.78, 5) is 12.5. The van der Waals surface area contributed by atoms with E-state index in [1.54, 1.807) is 32.2 Å². The lowest BCUT2D eigenvalue weighted by atomic mass is 10.2. The average Bonchev–Trinajstić information content (AvgIpc) is 2.79. The number of anilines is 2. The van der Waals surface area contributed by atoms with E-state index >= 15 is 0 Å². The summed E-state index contributed by atoms with van der Waals surface area (Å²) in [5.41, 5.74) is 0.331. The molecule has 2 heterocycles. The fourth-order valence-electron chi connectivity index (χ4n) is 2.60. The largest absolute Gasteiger partial charge is 0.435 e. The van der Waals surface area contributed by atoms with Crippen LogP contribution in [-0.4, -0.2) is 33.7 Å². The summed E-state index contributed by atoms with van der Waals surface area (Å²) >= 11 is 0.370. The maximum absolute atomic E-state index is 14.7. The molecule has 0 atom stereocenters. The predicted molar refractivity (Wildman–Crippen MR) is 117 cm³/mol. The minimum absolute atomic E-state index is 0.133. The molecule has 0 bridgehead atoms. The SMILES string of the molecule is CCC(F)(F)CSNc1c(F)cc(Oc2nc(C)ccc2-c2ccnc(NC)n2)c(F)c1F. The van der Waals surface area contributed by atoms with Gasteiger partial charge < -0.3 is 14.8 Å². The number of aryl methyl sites for hydroxylation is 1. The van der Waals surface area contributed by atoms with Gasteiger partial charge in [-0.3, -0.25) is 0 Å². The number of hydrogen-bond donors (Lipinski definition) is 2. The predicted octanol–water partition coefficient (Wildman–Crippen LogP) is 6.20. The molecule has 2 aromatic heterocycles. The molecule has 0 spiro atoms. The number of rotatable bonds is 9. The summed E-state index contributed by atoms with van der Waals surface area (Å²) in [5, 5.41) is 2.78. The third-order valence-electron chi connectivity index (χ3n) is 4.46. The molecule has 3 aromatic rings. The van der Waals surface area contributed by atoms with E-state index < -0.39 is 47.0 Å². The van der Waals surface area contributed by atoms with Gasteiger partial charge in [-0.05, 0) is 37.1 Å². The van der Waals surface area contributed by atoms with Gasteiger partial charge in [0.1, 0.15) is 5.69 Å². The monoisotopic (exact) mass is 485 g/mol. The van der Waals surface area contributed by atoms with Crippen LogP contribution < -0.4 is 14.8 Å². The highest BCUT2D eigenvalue weighted by molar-refractivity contribution is 8.00. The van der Waals surface area contributed by atoms with Gasteiger partial charge in [-0.2, -0.15) is 4.39 Å². The van der Waals surface area contributed by atoms with E-state index in [9.17, 15) is 22.0 Å². The molecule has 3 rings (SSSR count). The van der Waals surface area contributed by atoms with Gasteiger partial charge in [-0.15, -0.1) is 0 Å². The van der Waals surface area contributed by atoms with Crippen LogP contribution in [0.1, 0.15) is 19.0 Å². The standard InChI is InChI=1S/C21H20F5N5OS/c1-4-21(25,26)10-33-31-18-13(22)9-15(16(23)17(18)24)32-19-12(6-5-11(2)29-19)14-7-8-28-20(27-3)30-14/h5-9,31H,4,10H2,1-3H3,(H,27,28,30). The Kier molecular flexibility index (Phi) is 7.57. The van der Waals surface area contributed by atoms with Crippen molar-refractivity contribution in [3.05, 3.63) is 53.6 Å². The molecular weight excluding hydrogens is 465 g/mol. The van der Waals surface area contributed by atoms with E-state index in [2.05, 4.69) is 25.0 Å². The van der Waals surface area contributed by atoms with E-state index in [0.717, 1.165) is 0 Å². The molecule has 0 aliphatic heterocycles. The summed E-state index contributed by atoms with van der Waals surface area (Å²) in [6.45, 7) is 2.94. The summed E-state index contributed by atoms with van der Waals surface area (Å²) < 4.78 is 77.9. The number of aromatic nitrogens is 3. The van der Waals surface area contributed by atoms with Gasteiger partial charge in [0.2, 0.25) is 17.6 Å². The lowest BCUT2D eigenvalue weighted by Crippen LogP contribution is -2.19. The molecule has 6 nitrogen and oxygen atoms in total. The van der Waals surface area contributed by atoms with Crippen molar-refractivity contribution in [3.8, 4) is 22.9 Å². The maximum Gasteiger partial charge on any atom is 0.258 e. The quantitative estimate of drug-likeness (QED) is 0.212. The van der Waals surface area contributed by atoms with Crippen LogP contribution in [0, 0.1) is 24.4 Å². The van der Waals surface area contributed by atoms with E-state index in [4.69, 9.17) is 4.74 Å². The maximum atomic E-state index is 14.7. The van der Waals surface area contributed by atoms with E-state index in [1.165, 1.54) is 13.1 Å². The molecule has 12 heteroatoms. The van der Waals surface area contributed by atoms with Crippen LogP contribution in [0.2, 0.25) is 0 Å². The first-order valence-corrected chi connectivity index (χ1v) is 10.7. The Balaban J connectivity index is 1.92. The second kappa shape index (κ2) is 10.2. The number of nitrogens with zero attached hydrogens (tertiary/aromatic N) is 3. The normalized spacial score (nSPS) is 11.4. The van der Waals surface area contributed by atoms with E-state index in [1.807, 2.05) is 0 Å². The van der Waals surface area contributed by atoms with Gasteiger partial charge in [-0.1, -0.05) is 6.92 Å². The molecule has 33 heavy (non-hydrogen) atoms. The molecule has 176 valence electrons. The third kappa shape index (κ3) is 5.81. The first-order valence-electron chi connectivity index (χ1n) is 9.75. The van der Waals surface area contributed by atoms with Crippen LogP contribution in [0.5, 0.6) is 11.6 Å². The highest BCUT2D eigenvalue weighted by atomic mass is 32.2. The van der Waals surface area contributed by atoms with Crippen LogP contribution in [-0.2, 0) is 0 Å². The minimum atomic E-state index is -3.03. The number of hydrogen-bond acceptors (Lipinski definition) is 7. The summed E-state index contributed by atoms with van der Waals surface area (Å²) in [6.07, 6.45) is 1.04. The molecule has 0 saturated heterocycles. The van der Waals surface area contributed by atoms with Crippen molar-refractivity contribution in [1.29, 1.82) is 0 Å². The highest BCUT2D eigenvalue weighted by Gasteiger charge is 2.27. The number of alkyl halides is 2. The Morgan fingerprint density at radius 1 is 1.09 bits per heavy atom. The number of pyridine rings is 1. The zero-order chi connectivity index (χ0) is 24.2. The van der Waals surface area contributed by atoms with Crippen molar-refractivity contribution in [2.45, 2.75) is 26.2 Å². The van der Waals surface area contributed by atoms with Crippen LogP contribution in [0.15, 0.2) is 30.5 Å². The highest BCUT2D eigenvalue weighted by Crippen LogP contribution is 2.37. The van der Waals surface area contributed by atoms with Gasteiger partial charge in [0.05, 0.1) is 17.0 Å². The van der Waals surface area contributed by atoms with Crippen LogP contribution in [0.4, 0.5) is 33.6 Å². The second-order valence-corrected chi connectivity index (χ2v) is 7.66. The van der Waals surface area contributed by atoms with Gasteiger partial charge in [0.25, 0.3) is 5.92 Å². The van der Waals surface area contributed by atoms with Crippen LogP contribution in [0.3, 0.4) is 0 Å². The number of ether oxygens (including phenoxy) is 1. The van der Waals surface area contributed by atoms with Gasteiger partial charge >= 0.3 is 0 Å². The third-order valence-corrected chi connectivity index (χ3v) is 5.38. The Hall–Kier alpha value is -3.15. The molecule has 0 fully saturated rings. The number of halogens is 5. The van der Waals surface area contributed by atoms with Crippen molar-refractivity contribution >= 4 is 23.6 Å². The van der Waals surface area contributed by atoms with E-state index in [-0.39, 0.29) is 5.88 Å². The molecular formula is C21H20F5N5OS. The molecule has 2 N–H and O–H groups in total. The fraction of sp³-hybridized carbons (Fsp3) is 0.286. The minimum Gasteiger partial charge on any atom is -0.435 e. The zero-order valence-electron chi connectivity index (χ0n) is 17.8. The lowest BCUT2D eigenvalue weighted by molar-refractivity contribution is 0.0236. The summed E-state index contributed by atoms with van der Waals surface area (Å²) in [6, 6.07) is 5.46. The van der Waals surface area contributed by atoms with Gasteiger partial charge in [0.15, 0.2) is 17.4 Å². The van der Waals surface area contributed by atoms with Crippen LogP contribution in [0.25, 0.3) is 11.3 Å². The Labute approximate surface area is 191 Å². The van der Waals surface area contributed by atoms with Gasteiger partial charge in [0, 0.05) is 31.4 Å². The Morgan fingerprint density at radius 2 is 1.85 bits per heavy atom. The Morgan fingerprint density at radius 3 is 2.55 bits per heavy atom. The summed E-state index contributed by atoms with van der Waals surface area (Å²) in [5.74, 6) is -8.69. The Bertz CT molecular complexity index is 1150. The summed E-state index contributed by atoms with van der Waals surface area (Å²) in [7, 11) is 1.63. The van der Waals surface area contributed by atoms with Crippen molar-refractivity contribution in [1.82, 2.24) is 15.0 Å². The lowest BCUT2D eigenvalue weighted by Gasteiger charge is -2.16. The van der Waals surface area contributed by atoms with Crippen LogP contribution >= 0.6 is 11.9 Å². The first-order chi connectivity index (χ1) is 15.6. The van der Waals surface area contributed by atoms with Crippen molar-refractivity contribution in [2.24, 2.45) is 0 Å². The molecule has 0 amide bonds. The smallest absolute Gasteiger partial charge is 0.258 e. The molecule has 0 radical (unpaired) electrons. The molecule has 1 aromatic carbocycles. The topological polar surface area (TPSA) is 72.0 Å².